The number of carboxylic acids is 1. The molecule has 0 heterocycles. The van der Waals surface area contributed by atoms with Crippen LogP contribution in [0.15, 0.2) is 35.5 Å². The van der Waals surface area contributed by atoms with Gasteiger partial charge in [-0.05, 0) is 78.8 Å². The van der Waals surface area contributed by atoms with Gasteiger partial charge in [-0.2, -0.15) is 0 Å². The maximum absolute atomic E-state index is 12.6. The zero-order chi connectivity index (χ0) is 29.1. The second kappa shape index (κ2) is 10.2. The van der Waals surface area contributed by atoms with Gasteiger partial charge in [-0.1, -0.05) is 65.8 Å². The van der Waals surface area contributed by atoms with E-state index in [1.54, 1.807) is 0 Å². The van der Waals surface area contributed by atoms with Crippen LogP contribution in [0.2, 0.25) is 0 Å². The van der Waals surface area contributed by atoms with Crippen LogP contribution in [0.3, 0.4) is 0 Å². The van der Waals surface area contributed by atoms with Crippen LogP contribution in [-0.4, -0.2) is 46.1 Å². The second-order valence-corrected chi connectivity index (χ2v) is 14.3. The van der Waals surface area contributed by atoms with Gasteiger partial charge in [0.1, 0.15) is 6.10 Å². The number of fused-ring (bicyclic) bond motifs is 5. The normalized spacial score (nSPS) is 42.0. The molecule has 0 aromatic rings. The van der Waals surface area contributed by atoms with E-state index in [2.05, 4.69) is 60.3 Å². The number of allylic oxidation sites excluding steroid dienone is 5. The van der Waals surface area contributed by atoms with Crippen LogP contribution < -0.4 is 0 Å². The number of aliphatic hydroxyl groups is 2. The summed E-state index contributed by atoms with van der Waals surface area (Å²) >= 11 is 0. The highest BCUT2D eigenvalue weighted by molar-refractivity contribution is 5.71. The zero-order valence-electron chi connectivity index (χ0n) is 25.0. The SMILES string of the molecule is C=C(CCC(C(=O)O)C1C(O)CC2(C)C3=CCC4C(C)(CCC(OC(C)=O)C4(C)CO)C3=CCC12C)C(C)C. The Kier molecular flexibility index (Phi) is 7.83. The van der Waals surface area contributed by atoms with E-state index in [4.69, 9.17) is 4.74 Å². The quantitative estimate of drug-likeness (QED) is 0.254. The Balaban J connectivity index is 1.72. The average Bonchev–Trinajstić information content (AvgIpc) is 3.06. The Morgan fingerprint density at radius 3 is 2.38 bits per heavy atom. The molecule has 0 bridgehead atoms. The van der Waals surface area contributed by atoms with Crippen LogP contribution in [0.25, 0.3) is 0 Å². The molecular weight excluding hydrogens is 492 g/mol. The summed E-state index contributed by atoms with van der Waals surface area (Å²) in [5.74, 6) is -1.73. The molecule has 6 nitrogen and oxygen atoms in total. The molecule has 39 heavy (non-hydrogen) atoms. The van der Waals surface area contributed by atoms with E-state index in [0.29, 0.717) is 38.0 Å². The molecule has 0 amide bonds. The van der Waals surface area contributed by atoms with Crippen molar-refractivity contribution >= 4 is 11.9 Å². The first-order valence-electron chi connectivity index (χ1n) is 14.8. The lowest BCUT2D eigenvalue weighted by Gasteiger charge is -2.61. The van der Waals surface area contributed by atoms with E-state index in [1.807, 2.05) is 0 Å². The molecule has 0 aromatic heterocycles. The predicted molar refractivity (Wildman–Crippen MR) is 152 cm³/mol. The Morgan fingerprint density at radius 2 is 1.82 bits per heavy atom. The van der Waals surface area contributed by atoms with Gasteiger partial charge in [-0.3, -0.25) is 9.59 Å². The topological polar surface area (TPSA) is 104 Å². The molecule has 0 radical (unpaired) electrons. The summed E-state index contributed by atoms with van der Waals surface area (Å²) in [4.78, 5) is 24.5. The molecular formula is C33H50O6. The summed E-state index contributed by atoms with van der Waals surface area (Å²) < 4.78 is 5.73. The standard InChI is InChI=1S/C33H50O6/c1-19(2)20(3)9-10-22(29(37)38)28-25(36)17-33(8)24-11-12-26-30(5,23(24)13-16-32(28,33)7)15-14-27(39-21(4)35)31(26,6)18-34/h11,13,19,22,25-28,34,36H,3,9-10,12,14-18H2,1-2,4-8H3,(H,37,38). The zero-order valence-corrected chi connectivity index (χ0v) is 25.0. The number of hydrogen-bond donors (Lipinski definition) is 3. The summed E-state index contributed by atoms with van der Waals surface area (Å²) in [6.45, 7) is 18.5. The van der Waals surface area contributed by atoms with Crippen LogP contribution in [-0.2, 0) is 14.3 Å². The van der Waals surface area contributed by atoms with Crippen LogP contribution in [0.4, 0.5) is 0 Å². The number of carbonyl (C=O) groups is 2. The largest absolute Gasteiger partial charge is 0.481 e. The lowest BCUT2D eigenvalue weighted by atomic mass is 9.44. The van der Waals surface area contributed by atoms with Gasteiger partial charge < -0.3 is 20.1 Å². The Morgan fingerprint density at radius 1 is 1.15 bits per heavy atom. The maximum atomic E-state index is 12.6. The molecule has 9 atom stereocenters. The molecule has 218 valence electrons. The second-order valence-electron chi connectivity index (χ2n) is 14.3. The first-order chi connectivity index (χ1) is 18.1. The highest BCUT2D eigenvalue weighted by Gasteiger charge is 2.67. The van der Waals surface area contributed by atoms with Gasteiger partial charge in [-0.15, -0.1) is 0 Å². The fourth-order valence-corrected chi connectivity index (χ4v) is 9.33. The Hall–Kier alpha value is -1.92. The Bertz CT molecular complexity index is 1090. The van der Waals surface area contributed by atoms with E-state index < -0.39 is 28.8 Å². The summed E-state index contributed by atoms with van der Waals surface area (Å²) in [5, 5.41) is 32.5. The molecule has 0 spiro atoms. The number of hydrogen-bond acceptors (Lipinski definition) is 5. The third-order valence-corrected chi connectivity index (χ3v) is 12.0. The van der Waals surface area contributed by atoms with Gasteiger partial charge in [-0.25, -0.2) is 0 Å². The molecule has 0 aliphatic heterocycles. The highest BCUT2D eigenvalue weighted by atomic mass is 16.5. The minimum atomic E-state index is -0.831. The van der Waals surface area contributed by atoms with Crippen molar-refractivity contribution in [1.29, 1.82) is 0 Å². The van der Waals surface area contributed by atoms with Crippen molar-refractivity contribution in [1.82, 2.24) is 0 Å². The maximum Gasteiger partial charge on any atom is 0.306 e. The van der Waals surface area contributed by atoms with Gasteiger partial charge in [0.05, 0.1) is 18.6 Å². The average molecular weight is 543 g/mol. The number of aliphatic carboxylic acids is 1. The molecule has 4 aliphatic carbocycles. The van der Waals surface area contributed by atoms with Gasteiger partial charge in [0.25, 0.3) is 0 Å². The lowest BCUT2D eigenvalue weighted by Crippen LogP contribution is -2.57. The fourth-order valence-electron chi connectivity index (χ4n) is 9.33. The van der Waals surface area contributed by atoms with Crippen molar-refractivity contribution in [3.05, 3.63) is 35.5 Å². The van der Waals surface area contributed by atoms with Crippen molar-refractivity contribution in [2.45, 2.75) is 106 Å². The minimum absolute atomic E-state index is 0.0562. The summed E-state index contributed by atoms with van der Waals surface area (Å²) in [6, 6.07) is 0. The third kappa shape index (κ3) is 4.45. The molecule has 4 rings (SSSR count). The van der Waals surface area contributed by atoms with Crippen molar-refractivity contribution < 1.29 is 29.6 Å². The van der Waals surface area contributed by atoms with Crippen LogP contribution >= 0.6 is 0 Å². The number of carboxylic acid groups (broad SMARTS) is 1. The summed E-state index contributed by atoms with van der Waals surface area (Å²) in [6.07, 6.45) is 8.27. The lowest BCUT2D eigenvalue weighted by molar-refractivity contribution is -0.173. The first-order valence-corrected chi connectivity index (χ1v) is 14.8. The number of carbonyl (C=O) groups excluding carboxylic acids is 1. The van der Waals surface area contributed by atoms with Gasteiger partial charge in [0.15, 0.2) is 0 Å². The molecule has 9 unspecified atom stereocenters. The molecule has 2 fully saturated rings. The summed E-state index contributed by atoms with van der Waals surface area (Å²) in [5.41, 5.74) is 2.06. The minimum Gasteiger partial charge on any atom is -0.481 e. The Labute approximate surface area is 234 Å². The van der Waals surface area contributed by atoms with Gasteiger partial charge in [0.2, 0.25) is 0 Å². The smallest absolute Gasteiger partial charge is 0.306 e. The number of esters is 1. The monoisotopic (exact) mass is 542 g/mol. The van der Waals surface area contributed by atoms with E-state index in [-0.39, 0.29) is 41.3 Å². The van der Waals surface area contributed by atoms with E-state index in [0.717, 1.165) is 18.4 Å². The van der Waals surface area contributed by atoms with E-state index in [9.17, 15) is 24.9 Å². The number of aliphatic hydroxyl groups excluding tert-OH is 2. The molecule has 0 saturated heterocycles. The molecule has 0 aromatic carbocycles. The summed E-state index contributed by atoms with van der Waals surface area (Å²) in [7, 11) is 0. The van der Waals surface area contributed by atoms with Gasteiger partial charge >= 0.3 is 11.9 Å². The van der Waals surface area contributed by atoms with E-state index >= 15 is 0 Å². The van der Waals surface area contributed by atoms with Crippen LogP contribution in [0, 0.1) is 45.3 Å². The molecule has 2 saturated carbocycles. The predicted octanol–water partition coefficient (Wildman–Crippen LogP) is 6.08. The van der Waals surface area contributed by atoms with E-state index in [1.165, 1.54) is 18.1 Å². The van der Waals surface area contributed by atoms with Crippen molar-refractivity contribution in [3.8, 4) is 0 Å². The number of rotatable bonds is 8. The highest BCUT2D eigenvalue weighted by Crippen LogP contribution is 2.72. The van der Waals surface area contributed by atoms with Gasteiger partial charge in [0, 0.05) is 23.7 Å². The fraction of sp³-hybridized carbons (Fsp3) is 0.758. The molecule has 4 aliphatic rings. The third-order valence-electron chi connectivity index (χ3n) is 12.0. The van der Waals surface area contributed by atoms with Crippen molar-refractivity contribution in [3.63, 3.8) is 0 Å². The molecule has 6 heteroatoms. The van der Waals surface area contributed by atoms with Crippen molar-refractivity contribution in [2.75, 3.05) is 6.61 Å². The first kappa shape index (κ1) is 30.0. The molecule has 3 N–H and O–H groups in total. The number of ether oxygens (including phenoxy) is 1. The van der Waals surface area contributed by atoms with Crippen LogP contribution in [0.1, 0.15) is 93.4 Å². The van der Waals surface area contributed by atoms with Crippen molar-refractivity contribution in [2.24, 2.45) is 45.3 Å². The van der Waals surface area contributed by atoms with Crippen LogP contribution in [0.5, 0.6) is 0 Å².